The Morgan fingerprint density at radius 1 is 1.42 bits per heavy atom. The van der Waals surface area contributed by atoms with Crippen molar-refractivity contribution in [3.63, 3.8) is 0 Å². The van der Waals surface area contributed by atoms with Crippen LogP contribution >= 0.6 is 11.6 Å². The fourth-order valence-electron chi connectivity index (χ4n) is 2.20. The molecule has 0 radical (unpaired) electrons. The molecule has 0 bridgehead atoms. The standard InChI is InChI=1S/C13H14ClN3O2/c1-8-5-10-11(6-9(8)14)19-7-13-16-15-12(17(10)13)3-2-4-18/h5-6,18H,2-4,7H2,1H3. The molecule has 1 aromatic carbocycles. The SMILES string of the molecule is Cc1cc2c(cc1Cl)OCc1nnc(CCCO)n1-2. The predicted octanol–water partition coefficient (Wildman–Crippen LogP) is 2.05. The van der Waals surface area contributed by atoms with Crippen LogP contribution in [0.15, 0.2) is 12.1 Å². The number of ether oxygens (including phenoxy) is 1. The van der Waals surface area contributed by atoms with Crippen molar-refractivity contribution < 1.29 is 9.84 Å². The van der Waals surface area contributed by atoms with Crippen molar-refractivity contribution in [2.75, 3.05) is 6.61 Å². The maximum atomic E-state index is 8.95. The Labute approximate surface area is 115 Å². The summed E-state index contributed by atoms with van der Waals surface area (Å²) in [6.07, 6.45) is 1.35. The lowest BCUT2D eigenvalue weighted by Crippen LogP contribution is -2.15. The monoisotopic (exact) mass is 279 g/mol. The molecule has 19 heavy (non-hydrogen) atoms. The van der Waals surface area contributed by atoms with E-state index in [0.717, 1.165) is 28.6 Å². The van der Waals surface area contributed by atoms with Gasteiger partial charge in [0.1, 0.15) is 18.2 Å². The van der Waals surface area contributed by atoms with E-state index in [2.05, 4.69) is 10.2 Å². The van der Waals surface area contributed by atoms with E-state index in [0.29, 0.717) is 24.5 Å². The van der Waals surface area contributed by atoms with Crippen molar-refractivity contribution in [3.05, 3.63) is 34.4 Å². The van der Waals surface area contributed by atoms with Crippen LogP contribution in [0.5, 0.6) is 5.75 Å². The number of benzene rings is 1. The lowest BCUT2D eigenvalue weighted by Gasteiger charge is -2.21. The first-order chi connectivity index (χ1) is 9.20. The van der Waals surface area contributed by atoms with Gasteiger partial charge in [0, 0.05) is 24.1 Å². The van der Waals surface area contributed by atoms with Gasteiger partial charge in [-0.05, 0) is 25.0 Å². The molecule has 0 spiro atoms. The van der Waals surface area contributed by atoms with E-state index in [-0.39, 0.29) is 6.61 Å². The summed E-state index contributed by atoms with van der Waals surface area (Å²) in [6.45, 7) is 2.48. The molecular formula is C13H14ClN3O2. The first-order valence-electron chi connectivity index (χ1n) is 6.18. The number of halogens is 1. The molecule has 2 heterocycles. The molecule has 100 valence electrons. The van der Waals surface area contributed by atoms with E-state index >= 15 is 0 Å². The number of fused-ring (bicyclic) bond motifs is 3. The van der Waals surface area contributed by atoms with Crippen molar-refractivity contribution in [3.8, 4) is 11.4 Å². The maximum absolute atomic E-state index is 8.95. The fraction of sp³-hybridized carbons (Fsp3) is 0.385. The molecule has 0 saturated heterocycles. The summed E-state index contributed by atoms with van der Waals surface area (Å²) in [5.74, 6) is 2.37. The summed E-state index contributed by atoms with van der Waals surface area (Å²) in [4.78, 5) is 0. The van der Waals surface area contributed by atoms with Crippen molar-refractivity contribution in [1.82, 2.24) is 14.8 Å². The van der Waals surface area contributed by atoms with Crippen LogP contribution in [0, 0.1) is 6.92 Å². The van der Waals surface area contributed by atoms with E-state index in [1.54, 1.807) is 0 Å². The second kappa shape index (κ2) is 4.83. The Morgan fingerprint density at radius 3 is 3.05 bits per heavy atom. The second-order valence-corrected chi connectivity index (χ2v) is 4.96. The third-order valence-electron chi connectivity index (χ3n) is 3.19. The van der Waals surface area contributed by atoms with E-state index in [1.807, 2.05) is 23.6 Å². The quantitative estimate of drug-likeness (QED) is 0.934. The average molecular weight is 280 g/mol. The van der Waals surface area contributed by atoms with E-state index in [9.17, 15) is 0 Å². The molecule has 1 aromatic heterocycles. The highest BCUT2D eigenvalue weighted by Gasteiger charge is 2.23. The Hall–Kier alpha value is -1.59. The van der Waals surface area contributed by atoms with Crippen LogP contribution in [-0.2, 0) is 13.0 Å². The van der Waals surface area contributed by atoms with Crippen molar-refractivity contribution in [1.29, 1.82) is 0 Å². The van der Waals surface area contributed by atoms with Gasteiger partial charge in [-0.3, -0.25) is 4.57 Å². The van der Waals surface area contributed by atoms with Gasteiger partial charge in [-0.25, -0.2) is 0 Å². The number of aliphatic hydroxyl groups is 1. The summed E-state index contributed by atoms with van der Waals surface area (Å²) < 4.78 is 7.64. The third-order valence-corrected chi connectivity index (χ3v) is 3.60. The van der Waals surface area contributed by atoms with E-state index in [4.69, 9.17) is 21.4 Å². The van der Waals surface area contributed by atoms with Crippen LogP contribution in [0.1, 0.15) is 23.6 Å². The minimum Gasteiger partial charge on any atom is -0.483 e. The molecular weight excluding hydrogens is 266 g/mol. The molecule has 5 nitrogen and oxygen atoms in total. The van der Waals surface area contributed by atoms with Gasteiger partial charge in [0.05, 0.1) is 5.69 Å². The molecule has 2 aromatic rings. The molecule has 3 rings (SSSR count). The average Bonchev–Trinajstić information content (AvgIpc) is 2.81. The van der Waals surface area contributed by atoms with Crippen molar-refractivity contribution in [2.24, 2.45) is 0 Å². The first-order valence-corrected chi connectivity index (χ1v) is 6.56. The van der Waals surface area contributed by atoms with Gasteiger partial charge < -0.3 is 9.84 Å². The summed E-state index contributed by atoms with van der Waals surface area (Å²) in [5.41, 5.74) is 1.90. The smallest absolute Gasteiger partial charge is 0.175 e. The number of aliphatic hydroxyl groups excluding tert-OH is 1. The number of rotatable bonds is 3. The van der Waals surface area contributed by atoms with Crippen LogP contribution in [0.3, 0.4) is 0 Å². The minimum atomic E-state index is 0.144. The van der Waals surface area contributed by atoms with Crippen LogP contribution in [0.25, 0.3) is 5.69 Å². The van der Waals surface area contributed by atoms with Crippen LogP contribution in [-0.4, -0.2) is 26.5 Å². The Kier molecular flexibility index (Phi) is 3.16. The number of nitrogens with zero attached hydrogens (tertiary/aromatic N) is 3. The maximum Gasteiger partial charge on any atom is 0.175 e. The van der Waals surface area contributed by atoms with Gasteiger partial charge in [0.25, 0.3) is 0 Å². The lowest BCUT2D eigenvalue weighted by atomic mass is 10.1. The number of hydrogen-bond acceptors (Lipinski definition) is 4. The Balaban J connectivity index is 2.11. The van der Waals surface area contributed by atoms with Crippen LogP contribution in [0.4, 0.5) is 0 Å². The Bertz CT molecular complexity index is 625. The van der Waals surface area contributed by atoms with Gasteiger partial charge in [-0.1, -0.05) is 11.6 Å². The van der Waals surface area contributed by atoms with Gasteiger partial charge >= 0.3 is 0 Å². The number of aromatic nitrogens is 3. The molecule has 1 aliphatic rings. The van der Waals surface area contributed by atoms with E-state index < -0.39 is 0 Å². The molecule has 0 atom stereocenters. The molecule has 0 saturated carbocycles. The lowest BCUT2D eigenvalue weighted by molar-refractivity contribution is 0.276. The fourth-order valence-corrected chi connectivity index (χ4v) is 2.36. The predicted molar refractivity (Wildman–Crippen MR) is 70.8 cm³/mol. The molecule has 0 unspecified atom stereocenters. The molecule has 1 N–H and O–H groups in total. The largest absolute Gasteiger partial charge is 0.483 e. The third kappa shape index (κ3) is 2.09. The number of aryl methyl sites for hydroxylation is 2. The molecule has 0 aliphatic carbocycles. The van der Waals surface area contributed by atoms with Crippen molar-refractivity contribution in [2.45, 2.75) is 26.4 Å². The zero-order valence-electron chi connectivity index (χ0n) is 10.6. The summed E-state index contributed by atoms with van der Waals surface area (Å²) in [5, 5.41) is 17.9. The molecule has 1 aliphatic heterocycles. The minimum absolute atomic E-state index is 0.144. The first kappa shape index (κ1) is 12.4. The highest BCUT2D eigenvalue weighted by atomic mass is 35.5. The normalized spacial score (nSPS) is 12.8. The summed E-state index contributed by atoms with van der Waals surface area (Å²) >= 11 is 6.12. The Morgan fingerprint density at radius 2 is 2.26 bits per heavy atom. The zero-order valence-corrected chi connectivity index (χ0v) is 11.3. The topological polar surface area (TPSA) is 60.2 Å². The van der Waals surface area contributed by atoms with Gasteiger partial charge in [0.15, 0.2) is 5.82 Å². The molecule has 0 amide bonds. The van der Waals surface area contributed by atoms with Gasteiger partial charge in [-0.2, -0.15) is 0 Å². The van der Waals surface area contributed by atoms with E-state index in [1.165, 1.54) is 0 Å². The summed E-state index contributed by atoms with van der Waals surface area (Å²) in [7, 11) is 0. The number of hydrogen-bond donors (Lipinski definition) is 1. The molecule has 6 heteroatoms. The molecule has 0 fully saturated rings. The van der Waals surface area contributed by atoms with Crippen molar-refractivity contribution >= 4 is 11.6 Å². The van der Waals surface area contributed by atoms with Gasteiger partial charge in [-0.15, -0.1) is 10.2 Å². The van der Waals surface area contributed by atoms with Gasteiger partial charge in [0.2, 0.25) is 0 Å². The highest BCUT2D eigenvalue weighted by molar-refractivity contribution is 6.31. The zero-order chi connectivity index (χ0) is 13.4. The second-order valence-electron chi connectivity index (χ2n) is 4.55. The summed E-state index contributed by atoms with van der Waals surface area (Å²) in [6, 6.07) is 3.80. The van der Waals surface area contributed by atoms with Crippen LogP contribution < -0.4 is 4.74 Å². The highest BCUT2D eigenvalue weighted by Crippen LogP contribution is 2.34. The van der Waals surface area contributed by atoms with Crippen LogP contribution in [0.2, 0.25) is 5.02 Å².